The SMILES string of the molecule is CCNC(=O)[C@H](CC)N(Cc1ccc(C)cc1)C(=O)CN(c1cccc(Br)c1)S(=O)(=O)c1ccccc1. The maximum absolute atomic E-state index is 13.9. The molecular weight excluding hydrogens is 554 g/mol. The molecule has 9 heteroatoms. The average molecular weight is 587 g/mol. The van der Waals surface area contributed by atoms with E-state index in [9.17, 15) is 18.0 Å². The Labute approximate surface area is 227 Å². The van der Waals surface area contributed by atoms with Crippen LogP contribution in [0.15, 0.2) is 88.2 Å². The Morgan fingerprint density at radius 3 is 2.22 bits per heavy atom. The molecule has 1 N–H and O–H groups in total. The van der Waals surface area contributed by atoms with E-state index in [1.54, 1.807) is 42.5 Å². The molecule has 0 bridgehead atoms. The number of benzene rings is 3. The van der Waals surface area contributed by atoms with Gasteiger partial charge in [-0.25, -0.2) is 8.42 Å². The number of carbonyl (C=O) groups is 2. The zero-order chi connectivity index (χ0) is 27.0. The van der Waals surface area contributed by atoms with Crippen molar-refractivity contribution in [3.05, 3.63) is 94.5 Å². The first-order chi connectivity index (χ1) is 17.7. The number of likely N-dealkylation sites (N-methyl/N-ethyl adjacent to an activating group) is 1. The van der Waals surface area contributed by atoms with Gasteiger partial charge in [-0.05, 0) is 56.2 Å². The highest BCUT2D eigenvalue weighted by Crippen LogP contribution is 2.27. The Kier molecular flexibility index (Phi) is 9.88. The number of sulfonamides is 1. The van der Waals surface area contributed by atoms with E-state index in [2.05, 4.69) is 21.2 Å². The molecule has 0 aliphatic heterocycles. The highest BCUT2D eigenvalue weighted by molar-refractivity contribution is 9.10. The molecule has 0 saturated carbocycles. The van der Waals surface area contributed by atoms with Crippen LogP contribution in [0.5, 0.6) is 0 Å². The fraction of sp³-hybridized carbons (Fsp3) is 0.286. The van der Waals surface area contributed by atoms with Crippen molar-refractivity contribution in [1.82, 2.24) is 10.2 Å². The fourth-order valence-corrected chi connectivity index (χ4v) is 5.80. The Balaban J connectivity index is 2.04. The van der Waals surface area contributed by atoms with Crippen molar-refractivity contribution in [1.29, 1.82) is 0 Å². The lowest BCUT2D eigenvalue weighted by Crippen LogP contribution is -2.52. The van der Waals surface area contributed by atoms with Crippen LogP contribution in [0.25, 0.3) is 0 Å². The second-order valence-electron chi connectivity index (χ2n) is 8.63. The maximum Gasteiger partial charge on any atom is 0.264 e. The number of amides is 2. The zero-order valence-electron chi connectivity index (χ0n) is 21.2. The predicted octanol–water partition coefficient (Wildman–Crippen LogP) is 4.90. The number of hydrogen-bond acceptors (Lipinski definition) is 4. The molecule has 3 aromatic carbocycles. The van der Waals surface area contributed by atoms with E-state index in [1.165, 1.54) is 17.0 Å². The van der Waals surface area contributed by atoms with E-state index in [-0.39, 0.29) is 17.3 Å². The van der Waals surface area contributed by atoms with Crippen LogP contribution in [0.1, 0.15) is 31.4 Å². The molecule has 0 radical (unpaired) electrons. The third-order valence-electron chi connectivity index (χ3n) is 5.92. The Morgan fingerprint density at radius 2 is 1.62 bits per heavy atom. The number of carbonyl (C=O) groups excluding carboxylic acids is 2. The van der Waals surface area contributed by atoms with E-state index in [1.807, 2.05) is 45.0 Å². The minimum absolute atomic E-state index is 0.0728. The highest BCUT2D eigenvalue weighted by Gasteiger charge is 2.33. The van der Waals surface area contributed by atoms with Crippen LogP contribution >= 0.6 is 15.9 Å². The summed E-state index contributed by atoms with van der Waals surface area (Å²) < 4.78 is 29.2. The van der Waals surface area contributed by atoms with Gasteiger partial charge in [0, 0.05) is 17.6 Å². The van der Waals surface area contributed by atoms with Crippen molar-refractivity contribution in [3.63, 3.8) is 0 Å². The smallest absolute Gasteiger partial charge is 0.264 e. The van der Waals surface area contributed by atoms with Crippen LogP contribution in [0.4, 0.5) is 5.69 Å². The topological polar surface area (TPSA) is 86.8 Å². The van der Waals surface area contributed by atoms with Crippen LogP contribution in [-0.2, 0) is 26.2 Å². The van der Waals surface area contributed by atoms with Crippen molar-refractivity contribution in [2.75, 3.05) is 17.4 Å². The van der Waals surface area contributed by atoms with Gasteiger partial charge in [-0.3, -0.25) is 13.9 Å². The van der Waals surface area contributed by atoms with Crippen LogP contribution in [-0.4, -0.2) is 44.3 Å². The van der Waals surface area contributed by atoms with Gasteiger partial charge in [-0.1, -0.05) is 76.9 Å². The number of nitrogens with zero attached hydrogens (tertiary/aromatic N) is 2. The first-order valence-corrected chi connectivity index (χ1v) is 14.4. The van der Waals surface area contributed by atoms with Crippen LogP contribution < -0.4 is 9.62 Å². The van der Waals surface area contributed by atoms with Gasteiger partial charge < -0.3 is 10.2 Å². The summed E-state index contributed by atoms with van der Waals surface area (Å²) >= 11 is 3.40. The molecule has 0 aliphatic carbocycles. The summed E-state index contributed by atoms with van der Waals surface area (Å²) in [6.07, 6.45) is 0.381. The molecule has 0 spiro atoms. The lowest BCUT2D eigenvalue weighted by atomic mass is 10.1. The molecule has 3 rings (SSSR count). The van der Waals surface area contributed by atoms with Crippen molar-refractivity contribution >= 4 is 43.5 Å². The third kappa shape index (κ3) is 7.20. The van der Waals surface area contributed by atoms with Crippen molar-refractivity contribution in [2.45, 2.75) is 44.7 Å². The van der Waals surface area contributed by atoms with E-state index >= 15 is 0 Å². The number of aryl methyl sites for hydroxylation is 1. The Morgan fingerprint density at radius 1 is 0.946 bits per heavy atom. The molecule has 0 aliphatic rings. The lowest BCUT2D eigenvalue weighted by Gasteiger charge is -2.33. The minimum atomic E-state index is -4.08. The summed E-state index contributed by atoms with van der Waals surface area (Å²) in [5, 5.41) is 2.80. The normalized spacial score (nSPS) is 12.0. The molecule has 1 atom stereocenters. The second kappa shape index (κ2) is 12.9. The highest BCUT2D eigenvalue weighted by atomic mass is 79.9. The Bertz CT molecular complexity index is 1310. The van der Waals surface area contributed by atoms with Crippen LogP contribution in [0.3, 0.4) is 0 Å². The molecule has 196 valence electrons. The van der Waals surface area contributed by atoms with Crippen molar-refractivity contribution < 1.29 is 18.0 Å². The molecule has 0 saturated heterocycles. The number of halogens is 1. The van der Waals surface area contributed by atoms with E-state index in [4.69, 9.17) is 0 Å². The van der Waals surface area contributed by atoms with Crippen LogP contribution in [0.2, 0.25) is 0 Å². The maximum atomic E-state index is 13.9. The number of rotatable bonds is 11. The molecule has 7 nitrogen and oxygen atoms in total. The minimum Gasteiger partial charge on any atom is -0.355 e. The van der Waals surface area contributed by atoms with E-state index < -0.39 is 28.5 Å². The summed E-state index contributed by atoms with van der Waals surface area (Å²) in [4.78, 5) is 28.4. The molecule has 0 unspecified atom stereocenters. The average Bonchev–Trinajstić information content (AvgIpc) is 2.88. The summed E-state index contributed by atoms with van der Waals surface area (Å²) in [6.45, 7) is 5.76. The quantitative estimate of drug-likeness (QED) is 0.347. The molecule has 37 heavy (non-hydrogen) atoms. The van der Waals surface area contributed by atoms with Gasteiger partial charge in [0.1, 0.15) is 12.6 Å². The van der Waals surface area contributed by atoms with E-state index in [0.717, 1.165) is 15.4 Å². The van der Waals surface area contributed by atoms with Gasteiger partial charge in [0.05, 0.1) is 10.6 Å². The first-order valence-electron chi connectivity index (χ1n) is 12.1. The van der Waals surface area contributed by atoms with Crippen molar-refractivity contribution in [2.24, 2.45) is 0 Å². The first kappa shape index (κ1) is 28.4. The number of anilines is 1. The van der Waals surface area contributed by atoms with Gasteiger partial charge in [0.15, 0.2) is 0 Å². The third-order valence-corrected chi connectivity index (χ3v) is 8.20. The molecule has 3 aromatic rings. The van der Waals surface area contributed by atoms with Gasteiger partial charge in [-0.15, -0.1) is 0 Å². The van der Waals surface area contributed by atoms with Gasteiger partial charge >= 0.3 is 0 Å². The van der Waals surface area contributed by atoms with Crippen molar-refractivity contribution in [3.8, 4) is 0 Å². The largest absolute Gasteiger partial charge is 0.355 e. The monoisotopic (exact) mass is 585 g/mol. The molecule has 0 aromatic heterocycles. The van der Waals surface area contributed by atoms with Gasteiger partial charge in [-0.2, -0.15) is 0 Å². The summed E-state index contributed by atoms with van der Waals surface area (Å²) in [5.41, 5.74) is 2.27. The summed E-state index contributed by atoms with van der Waals surface area (Å²) in [6, 6.07) is 21.7. The molecule has 0 fully saturated rings. The lowest BCUT2D eigenvalue weighted by molar-refractivity contribution is -0.140. The summed E-state index contributed by atoms with van der Waals surface area (Å²) in [5.74, 6) is -0.747. The van der Waals surface area contributed by atoms with E-state index in [0.29, 0.717) is 23.1 Å². The molecule has 0 heterocycles. The fourth-order valence-electron chi connectivity index (χ4n) is 3.98. The summed E-state index contributed by atoms with van der Waals surface area (Å²) in [7, 11) is -4.08. The Hall–Kier alpha value is -3.17. The van der Waals surface area contributed by atoms with Crippen LogP contribution in [0, 0.1) is 6.92 Å². The molecular formula is C28H32BrN3O4S. The second-order valence-corrected chi connectivity index (χ2v) is 11.4. The standard InChI is InChI=1S/C28H32BrN3O4S/c1-4-26(28(34)30-5-2)31(19-22-16-14-21(3)15-17-22)27(33)20-32(24-11-9-10-23(29)18-24)37(35,36)25-12-7-6-8-13-25/h6-18,26H,4-5,19-20H2,1-3H3,(H,30,34)/t26-/m0/s1. The predicted molar refractivity (Wildman–Crippen MR) is 150 cm³/mol. The number of hydrogen-bond donors (Lipinski definition) is 1. The van der Waals surface area contributed by atoms with Gasteiger partial charge in [0.25, 0.3) is 10.0 Å². The molecule has 2 amide bonds. The zero-order valence-corrected chi connectivity index (χ0v) is 23.6. The number of nitrogens with one attached hydrogen (secondary N) is 1. The van der Waals surface area contributed by atoms with Gasteiger partial charge in [0.2, 0.25) is 11.8 Å².